The van der Waals surface area contributed by atoms with Gasteiger partial charge >= 0.3 is 12.0 Å². The van der Waals surface area contributed by atoms with Gasteiger partial charge in [0.25, 0.3) is 11.6 Å². The number of esters is 1. The third-order valence-corrected chi connectivity index (χ3v) is 3.93. The number of benzene rings is 2. The first-order chi connectivity index (χ1) is 15.8. The van der Waals surface area contributed by atoms with E-state index in [-0.39, 0.29) is 11.3 Å². The molecule has 0 spiro atoms. The quantitative estimate of drug-likeness (QED) is 0.239. The summed E-state index contributed by atoms with van der Waals surface area (Å²) in [4.78, 5) is 46.1. The summed E-state index contributed by atoms with van der Waals surface area (Å²) in [6.07, 6.45) is 2.15. The number of amides is 3. The molecule has 0 aliphatic carbocycles. The van der Waals surface area contributed by atoms with Gasteiger partial charge in [-0.1, -0.05) is 12.1 Å². The molecule has 0 unspecified atom stereocenters. The van der Waals surface area contributed by atoms with Gasteiger partial charge in [0, 0.05) is 23.9 Å². The molecule has 0 heterocycles. The van der Waals surface area contributed by atoms with E-state index >= 15 is 0 Å². The smallest absolute Gasteiger partial charge is 0.331 e. The van der Waals surface area contributed by atoms with E-state index in [4.69, 9.17) is 14.2 Å². The zero-order valence-electron chi connectivity index (χ0n) is 18.0. The number of para-hydroxylation sites is 1. The first-order valence-corrected chi connectivity index (χ1v) is 9.92. The van der Waals surface area contributed by atoms with Crippen LogP contribution in [0.3, 0.4) is 0 Å². The van der Waals surface area contributed by atoms with Crippen molar-refractivity contribution in [2.75, 3.05) is 25.1 Å². The number of carbonyl (C=O) groups is 3. The van der Waals surface area contributed by atoms with Crippen molar-refractivity contribution in [3.63, 3.8) is 0 Å². The van der Waals surface area contributed by atoms with Gasteiger partial charge in [-0.15, -0.1) is 0 Å². The van der Waals surface area contributed by atoms with Crippen LogP contribution in [0.4, 0.5) is 16.2 Å². The lowest BCUT2D eigenvalue weighted by atomic mass is 10.1. The Morgan fingerprint density at radius 2 is 1.73 bits per heavy atom. The zero-order valence-corrected chi connectivity index (χ0v) is 18.0. The van der Waals surface area contributed by atoms with Gasteiger partial charge in [0.05, 0.1) is 23.7 Å². The predicted molar refractivity (Wildman–Crippen MR) is 119 cm³/mol. The van der Waals surface area contributed by atoms with Gasteiger partial charge in [0.1, 0.15) is 0 Å². The average Bonchev–Trinajstić information content (AvgIpc) is 2.78. The van der Waals surface area contributed by atoms with Gasteiger partial charge < -0.3 is 19.5 Å². The maximum Gasteiger partial charge on any atom is 0.331 e. The molecule has 0 aliphatic rings. The predicted octanol–water partition coefficient (Wildman–Crippen LogP) is 3.30. The summed E-state index contributed by atoms with van der Waals surface area (Å²) in [5, 5.41) is 15.5. The van der Waals surface area contributed by atoms with Gasteiger partial charge in [0.2, 0.25) is 0 Å². The Morgan fingerprint density at radius 3 is 2.42 bits per heavy atom. The monoisotopic (exact) mass is 457 g/mol. The number of nitro groups is 1. The third-order valence-electron chi connectivity index (χ3n) is 3.93. The lowest BCUT2D eigenvalue weighted by molar-refractivity contribution is -0.385. The minimum absolute atomic E-state index is 0.183. The maximum absolute atomic E-state index is 12.0. The molecule has 2 N–H and O–H groups in total. The van der Waals surface area contributed by atoms with E-state index in [9.17, 15) is 24.5 Å². The number of rotatable bonds is 10. The molecule has 0 saturated carbocycles. The summed E-state index contributed by atoms with van der Waals surface area (Å²) in [7, 11) is 0. The second-order valence-corrected chi connectivity index (χ2v) is 6.29. The van der Waals surface area contributed by atoms with E-state index in [2.05, 4.69) is 5.32 Å². The molecule has 0 bridgehead atoms. The first kappa shape index (κ1) is 24.9. The largest absolute Gasteiger partial charge is 0.490 e. The van der Waals surface area contributed by atoms with Crippen molar-refractivity contribution >= 4 is 35.4 Å². The lowest BCUT2D eigenvalue weighted by Gasteiger charge is -2.13. The standard InChI is InChI=1S/C22H23N3O8/c1-3-31-18-11-10-16(13-19(18)32-4-2)23-22(28)24-20(26)14-33-21(27)12-9-15-7-5-6-8-17(15)25(29)30/h5-13H,3-4,14H2,1-2H3,(H2,23,24,26,28)/b12-9+. The number of imide groups is 1. The Balaban J connectivity index is 1.86. The Kier molecular flexibility index (Phi) is 9.37. The van der Waals surface area contributed by atoms with Crippen LogP contribution in [0.5, 0.6) is 11.5 Å². The maximum atomic E-state index is 12.0. The van der Waals surface area contributed by atoms with E-state index in [1.807, 2.05) is 12.2 Å². The highest BCUT2D eigenvalue weighted by Gasteiger charge is 2.13. The number of hydrogen-bond acceptors (Lipinski definition) is 8. The van der Waals surface area contributed by atoms with Gasteiger partial charge in [-0.2, -0.15) is 0 Å². The molecular weight excluding hydrogens is 434 g/mol. The Bertz CT molecular complexity index is 1050. The molecule has 2 aromatic carbocycles. The van der Waals surface area contributed by atoms with Gasteiger partial charge in [-0.25, -0.2) is 9.59 Å². The number of urea groups is 1. The highest BCUT2D eigenvalue weighted by atomic mass is 16.6. The number of anilines is 1. The fraction of sp³-hybridized carbons (Fsp3) is 0.227. The number of nitrogens with zero attached hydrogens (tertiary/aromatic N) is 1. The van der Waals surface area contributed by atoms with E-state index in [1.165, 1.54) is 24.3 Å². The van der Waals surface area contributed by atoms with Crippen LogP contribution in [-0.2, 0) is 14.3 Å². The highest BCUT2D eigenvalue weighted by Crippen LogP contribution is 2.30. The second kappa shape index (κ2) is 12.4. The van der Waals surface area contributed by atoms with E-state index in [0.29, 0.717) is 30.4 Å². The molecule has 0 saturated heterocycles. The average molecular weight is 457 g/mol. The lowest BCUT2D eigenvalue weighted by Crippen LogP contribution is -2.37. The fourth-order valence-corrected chi connectivity index (χ4v) is 2.59. The van der Waals surface area contributed by atoms with Crippen molar-refractivity contribution in [2.24, 2.45) is 0 Å². The molecular formula is C22H23N3O8. The van der Waals surface area contributed by atoms with Crippen LogP contribution >= 0.6 is 0 Å². The number of ether oxygens (including phenoxy) is 3. The summed E-state index contributed by atoms with van der Waals surface area (Å²) >= 11 is 0. The Hall–Kier alpha value is -4.41. The first-order valence-electron chi connectivity index (χ1n) is 9.92. The van der Waals surface area contributed by atoms with E-state index in [0.717, 1.165) is 6.08 Å². The second-order valence-electron chi connectivity index (χ2n) is 6.29. The van der Waals surface area contributed by atoms with Crippen molar-refractivity contribution in [1.82, 2.24) is 5.32 Å². The van der Waals surface area contributed by atoms with Crippen LogP contribution in [0.1, 0.15) is 19.4 Å². The zero-order chi connectivity index (χ0) is 24.2. The third kappa shape index (κ3) is 7.98. The number of nitrogens with one attached hydrogen (secondary N) is 2. The number of carbonyl (C=O) groups excluding carboxylic acids is 3. The van der Waals surface area contributed by atoms with Gasteiger partial charge in [0.15, 0.2) is 18.1 Å². The fourth-order valence-electron chi connectivity index (χ4n) is 2.59. The van der Waals surface area contributed by atoms with Crippen molar-refractivity contribution in [3.8, 4) is 11.5 Å². The molecule has 0 atom stereocenters. The normalized spacial score (nSPS) is 10.4. The van der Waals surface area contributed by atoms with Crippen LogP contribution in [0.2, 0.25) is 0 Å². The van der Waals surface area contributed by atoms with Crippen LogP contribution in [0.25, 0.3) is 6.08 Å². The summed E-state index contributed by atoms with van der Waals surface area (Å²) in [6, 6.07) is 9.72. The molecule has 0 fully saturated rings. The summed E-state index contributed by atoms with van der Waals surface area (Å²) in [5.74, 6) is -0.822. The minimum atomic E-state index is -0.906. The molecule has 0 aromatic heterocycles. The van der Waals surface area contributed by atoms with Crippen molar-refractivity contribution in [3.05, 3.63) is 64.2 Å². The molecule has 2 rings (SSSR count). The SMILES string of the molecule is CCOc1ccc(NC(=O)NC(=O)COC(=O)/C=C/c2ccccc2[N+](=O)[O-])cc1OCC. The van der Waals surface area contributed by atoms with Crippen LogP contribution < -0.4 is 20.1 Å². The van der Waals surface area contributed by atoms with Crippen molar-refractivity contribution in [2.45, 2.75) is 13.8 Å². The van der Waals surface area contributed by atoms with E-state index in [1.54, 1.807) is 31.2 Å². The van der Waals surface area contributed by atoms with Crippen LogP contribution in [-0.4, -0.2) is 42.7 Å². The van der Waals surface area contributed by atoms with Gasteiger partial charge in [-0.05, 0) is 38.1 Å². The summed E-state index contributed by atoms with van der Waals surface area (Å²) in [5.41, 5.74) is 0.374. The molecule has 11 nitrogen and oxygen atoms in total. The molecule has 2 aromatic rings. The van der Waals surface area contributed by atoms with E-state index < -0.39 is 29.4 Å². The Morgan fingerprint density at radius 1 is 1.03 bits per heavy atom. The van der Waals surface area contributed by atoms with Crippen molar-refractivity contribution < 1.29 is 33.5 Å². The topological polar surface area (TPSA) is 146 Å². The van der Waals surface area contributed by atoms with Crippen LogP contribution in [0, 0.1) is 10.1 Å². The van der Waals surface area contributed by atoms with Crippen LogP contribution in [0.15, 0.2) is 48.5 Å². The molecule has 174 valence electrons. The molecule has 0 radical (unpaired) electrons. The molecule has 0 aliphatic heterocycles. The minimum Gasteiger partial charge on any atom is -0.490 e. The molecule has 33 heavy (non-hydrogen) atoms. The molecule has 3 amide bonds. The Labute approximate surface area is 189 Å². The summed E-state index contributed by atoms with van der Waals surface area (Å²) in [6.45, 7) is 3.75. The molecule has 11 heteroatoms. The van der Waals surface area contributed by atoms with Gasteiger partial charge in [-0.3, -0.25) is 20.2 Å². The van der Waals surface area contributed by atoms with Crippen molar-refractivity contribution in [1.29, 1.82) is 0 Å². The number of hydrogen-bond donors (Lipinski definition) is 2. The highest BCUT2D eigenvalue weighted by molar-refractivity contribution is 6.02. The number of nitro benzene ring substituents is 1. The summed E-state index contributed by atoms with van der Waals surface area (Å²) < 4.78 is 15.7.